The molecular formula is C5H7ClO3. The van der Waals surface area contributed by atoms with Crippen LogP contribution in [0.1, 0.15) is 12.8 Å². The summed E-state index contributed by atoms with van der Waals surface area (Å²) in [5.74, 6) is -0.278. The van der Waals surface area contributed by atoms with Crippen molar-refractivity contribution in [1.82, 2.24) is 0 Å². The molecule has 52 valence electrons. The quantitative estimate of drug-likeness (QED) is 0.431. The predicted molar refractivity (Wildman–Crippen MR) is 31.0 cm³/mol. The van der Waals surface area contributed by atoms with E-state index in [0.29, 0.717) is 12.8 Å². The topological polar surface area (TPSA) is 46.5 Å². The van der Waals surface area contributed by atoms with Gasteiger partial charge in [-0.2, -0.15) is 0 Å². The molecule has 0 bridgehead atoms. The molecule has 1 fully saturated rings. The number of ether oxygens (including phenoxy) is 1. The van der Waals surface area contributed by atoms with E-state index in [1.165, 1.54) is 0 Å². The van der Waals surface area contributed by atoms with Gasteiger partial charge in [0, 0.05) is 6.42 Å². The fraction of sp³-hybridized carbons (Fsp3) is 0.800. The predicted octanol–water partition coefficient (Wildman–Crippen LogP) is 0.249. The maximum absolute atomic E-state index is 10.4. The summed E-state index contributed by atoms with van der Waals surface area (Å²) >= 11 is 5.23. The van der Waals surface area contributed by atoms with Crippen LogP contribution in [0.25, 0.3) is 0 Å². The monoisotopic (exact) mass is 150 g/mol. The number of esters is 1. The smallest absolute Gasteiger partial charge is 0.306 e. The van der Waals surface area contributed by atoms with Crippen LogP contribution < -0.4 is 0 Å². The molecule has 0 radical (unpaired) electrons. The van der Waals surface area contributed by atoms with Crippen LogP contribution >= 0.6 is 11.6 Å². The molecule has 1 heterocycles. The van der Waals surface area contributed by atoms with Crippen molar-refractivity contribution in [1.29, 1.82) is 0 Å². The number of alkyl halides is 1. The Kier molecular flexibility index (Phi) is 1.93. The fourth-order valence-corrected chi connectivity index (χ4v) is 0.918. The van der Waals surface area contributed by atoms with Crippen LogP contribution in [-0.4, -0.2) is 22.7 Å². The first-order valence-corrected chi connectivity index (χ1v) is 3.15. The van der Waals surface area contributed by atoms with Crippen molar-refractivity contribution < 1.29 is 14.6 Å². The second-order valence-corrected chi connectivity index (χ2v) is 2.39. The van der Waals surface area contributed by atoms with Gasteiger partial charge in [-0.25, -0.2) is 0 Å². The number of aliphatic hydroxyl groups is 1. The first kappa shape index (κ1) is 6.83. The van der Waals surface area contributed by atoms with Gasteiger partial charge in [0.15, 0.2) is 5.56 Å². The van der Waals surface area contributed by atoms with Gasteiger partial charge in [0.2, 0.25) is 0 Å². The van der Waals surface area contributed by atoms with E-state index in [0.717, 1.165) is 0 Å². The number of carbonyl (C=O) groups is 1. The number of cyclic esters (lactones) is 1. The molecule has 4 heteroatoms. The van der Waals surface area contributed by atoms with E-state index < -0.39 is 11.7 Å². The Balaban J connectivity index is 2.39. The molecule has 1 saturated heterocycles. The van der Waals surface area contributed by atoms with E-state index in [1.807, 2.05) is 0 Å². The van der Waals surface area contributed by atoms with Crippen LogP contribution in [-0.2, 0) is 9.53 Å². The summed E-state index contributed by atoms with van der Waals surface area (Å²) in [6.07, 6.45) is 0.414. The third kappa shape index (κ3) is 1.56. The Morgan fingerprint density at radius 2 is 2.56 bits per heavy atom. The highest BCUT2D eigenvalue weighted by molar-refractivity contribution is 6.20. The average Bonchev–Trinajstić information content (AvgIpc) is 2.14. The fourth-order valence-electron chi connectivity index (χ4n) is 0.740. The van der Waals surface area contributed by atoms with Crippen LogP contribution in [0.2, 0.25) is 0 Å². The van der Waals surface area contributed by atoms with Gasteiger partial charge in [0.25, 0.3) is 0 Å². The van der Waals surface area contributed by atoms with E-state index in [1.54, 1.807) is 0 Å². The number of hydrogen-bond acceptors (Lipinski definition) is 3. The summed E-state index contributed by atoms with van der Waals surface area (Å²) < 4.78 is 4.60. The van der Waals surface area contributed by atoms with Crippen molar-refractivity contribution in [3.63, 3.8) is 0 Å². The SMILES string of the molecule is O=C1CCC(C(O)Cl)O1. The molecule has 9 heavy (non-hydrogen) atoms. The molecule has 0 spiro atoms. The first-order chi connectivity index (χ1) is 4.20. The summed E-state index contributed by atoms with van der Waals surface area (Å²) in [5.41, 5.74) is -1.04. The molecule has 2 unspecified atom stereocenters. The molecule has 0 saturated carbocycles. The van der Waals surface area contributed by atoms with Gasteiger partial charge in [0.05, 0.1) is 0 Å². The third-order valence-electron chi connectivity index (χ3n) is 1.22. The van der Waals surface area contributed by atoms with E-state index in [-0.39, 0.29) is 5.97 Å². The lowest BCUT2D eigenvalue weighted by atomic mass is 10.2. The number of carbonyl (C=O) groups excluding carboxylic acids is 1. The van der Waals surface area contributed by atoms with Crippen LogP contribution in [0.4, 0.5) is 0 Å². The normalized spacial score (nSPS) is 30.0. The lowest BCUT2D eigenvalue weighted by Crippen LogP contribution is -2.19. The number of halogens is 1. The zero-order chi connectivity index (χ0) is 6.85. The number of rotatable bonds is 1. The van der Waals surface area contributed by atoms with Gasteiger partial charge in [0.1, 0.15) is 6.10 Å². The Morgan fingerprint density at radius 1 is 1.89 bits per heavy atom. The Morgan fingerprint density at radius 3 is 2.78 bits per heavy atom. The Labute approximate surface area is 57.6 Å². The minimum absolute atomic E-state index is 0.278. The van der Waals surface area contributed by atoms with Gasteiger partial charge < -0.3 is 9.84 Å². The standard InChI is InChI=1S/C5H7ClO3/c6-5(8)3-1-2-4(7)9-3/h3,5,8H,1-2H2. The molecule has 1 rings (SSSR count). The molecule has 0 aromatic carbocycles. The largest absolute Gasteiger partial charge is 0.458 e. The van der Waals surface area contributed by atoms with E-state index >= 15 is 0 Å². The van der Waals surface area contributed by atoms with Crippen LogP contribution in [0, 0.1) is 0 Å². The van der Waals surface area contributed by atoms with Gasteiger partial charge in [-0.05, 0) is 6.42 Å². The average molecular weight is 151 g/mol. The minimum Gasteiger partial charge on any atom is -0.458 e. The summed E-state index contributed by atoms with van der Waals surface area (Å²) in [5, 5.41) is 8.66. The zero-order valence-corrected chi connectivity index (χ0v) is 5.47. The Hall–Kier alpha value is -0.280. The van der Waals surface area contributed by atoms with Crippen molar-refractivity contribution in [2.75, 3.05) is 0 Å². The summed E-state index contributed by atoms with van der Waals surface area (Å²) in [6, 6.07) is 0. The van der Waals surface area contributed by atoms with E-state index in [4.69, 9.17) is 16.7 Å². The molecular weight excluding hydrogens is 144 g/mol. The number of hydrogen-bond donors (Lipinski definition) is 1. The molecule has 1 aliphatic heterocycles. The van der Waals surface area contributed by atoms with Gasteiger partial charge in [-0.3, -0.25) is 4.79 Å². The van der Waals surface area contributed by atoms with Crippen LogP contribution in [0.15, 0.2) is 0 Å². The zero-order valence-electron chi connectivity index (χ0n) is 4.71. The highest BCUT2D eigenvalue weighted by Gasteiger charge is 2.28. The van der Waals surface area contributed by atoms with Gasteiger partial charge >= 0.3 is 5.97 Å². The molecule has 1 N–H and O–H groups in total. The molecule has 0 aromatic rings. The molecule has 0 aromatic heterocycles. The first-order valence-electron chi connectivity index (χ1n) is 2.72. The van der Waals surface area contributed by atoms with Crippen LogP contribution in [0.3, 0.4) is 0 Å². The molecule has 0 amide bonds. The van der Waals surface area contributed by atoms with Crippen molar-refractivity contribution in [2.24, 2.45) is 0 Å². The molecule has 3 nitrogen and oxygen atoms in total. The van der Waals surface area contributed by atoms with Crippen molar-refractivity contribution in [3.05, 3.63) is 0 Å². The number of aliphatic hydroxyl groups excluding tert-OH is 1. The lowest BCUT2D eigenvalue weighted by molar-refractivity contribution is -0.143. The van der Waals surface area contributed by atoms with Gasteiger partial charge in [-0.1, -0.05) is 11.6 Å². The van der Waals surface area contributed by atoms with Crippen molar-refractivity contribution in [2.45, 2.75) is 24.5 Å². The molecule has 1 aliphatic rings. The second kappa shape index (κ2) is 2.54. The minimum atomic E-state index is -1.04. The highest BCUT2D eigenvalue weighted by Crippen LogP contribution is 2.18. The van der Waals surface area contributed by atoms with E-state index in [9.17, 15) is 4.79 Å². The van der Waals surface area contributed by atoms with Crippen molar-refractivity contribution in [3.8, 4) is 0 Å². The Bertz CT molecular complexity index is 123. The maximum Gasteiger partial charge on any atom is 0.306 e. The maximum atomic E-state index is 10.4. The van der Waals surface area contributed by atoms with Crippen molar-refractivity contribution >= 4 is 17.6 Å². The second-order valence-electron chi connectivity index (χ2n) is 1.94. The summed E-state index contributed by atoms with van der Waals surface area (Å²) in [4.78, 5) is 10.4. The molecule has 2 atom stereocenters. The van der Waals surface area contributed by atoms with Gasteiger partial charge in [-0.15, -0.1) is 0 Å². The lowest BCUT2D eigenvalue weighted by Gasteiger charge is -2.08. The van der Waals surface area contributed by atoms with Crippen LogP contribution in [0.5, 0.6) is 0 Å². The highest BCUT2D eigenvalue weighted by atomic mass is 35.5. The molecule has 0 aliphatic carbocycles. The summed E-state index contributed by atoms with van der Waals surface area (Å²) in [7, 11) is 0. The van der Waals surface area contributed by atoms with E-state index in [2.05, 4.69) is 4.74 Å². The third-order valence-corrected chi connectivity index (χ3v) is 1.50. The summed E-state index contributed by atoms with van der Waals surface area (Å²) in [6.45, 7) is 0.